The van der Waals surface area contributed by atoms with E-state index in [-0.39, 0.29) is 22.0 Å². The molecule has 3 aromatic rings. The second-order valence-corrected chi connectivity index (χ2v) is 11.3. The summed E-state index contributed by atoms with van der Waals surface area (Å²) in [6.07, 6.45) is 0.960. The predicted molar refractivity (Wildman–Crippen MR) is 148 cm³/mol. The third-order valence-electron chi connectivity index (χ3n) is 6.79. The summed E-state index contributed by atoms with van der Waals surface area (Å²) in [5, 5.41) is 3.99. The average Bonchev–Trinajstić information content (AvgIpc) is 2.83. The van der Waals surface area contributed by atoms with E-state index in [0.29, 0.717) is 46.2 Å². The van der Waals surface area contributed by atoms with Gasteiger partial charge < -0.3 is 10.1 Å². The minimum Gasteiger partial charge on any atom is -0.444 e. The Balaban J connectivity index is 1.75. The van der Waals surface area contributed by atoms with Crippen LogP contribution >= 0.6 is 23.2 Å². The molecule has 1 N–H and O–H groups in total. The van der Waals surface area contributed by atoms with Crippen LogP contribution in [0.2, 0.25) is 10.0 Å². The van der Waals surface area contributed by atoms with Gasteiger partial charge in [0.05, 0.1) is 16.5 Å². The first-order valence-electron chi connectivity index (χ1n) is 12.2. The van der Waals surface area contributed by atoms with Crippen LogP contribution in [0.1, 0.15) is 54.1 Å². The number of hydrogen-bond donors (Lipinski definition) is 1. The zero-order valence-corrected chi connectivity index (χ0v) is 22.4. The molecule has 0 fully saturated rings. The largest absolute Gasteiger partial charge is 0.444 e. The number of benzene rings is 3. The molecule has 1 aliphatic carbocycles. The second-order valence-electron chi connectivity index (χ2n) is 10.4. The van der Waals surface area contributed by atoms with Crippen molar-refractivity contribution in [3.8, 4) is 0 Å². The van der Waals surface area contributed by atoms with Crippen molar-refractivity contribution in [3.63, 3.8) is 0 Å². The van der Waals surface area contributed by atoms with E-state index < -0.39 is 5.92 Å². The Hall–Kier alpha value is -3.34. The predicted octanol–water partition coefficient (Wildman–Crippen LogP) is 8.27. The molecule has 6 heteroatoms. The number of nitrogens with one attached hydrogen (secondary N) is 1. The molecule has 37 heavy (non-hydrogen) atoms. The number of carbonyl (C=O) groups excluding carboxylic acids is 2. The van der Waals surface area contributed by atoms with Crippen LogP contribution in [0.15, 0.2) is 95.6 Å². The zero-order chi connectivity index (χ0) is 26.3. The van der Waals surface area contributed by atoms with Crippen molar-refractivity contribution in [1.29, 1.82) is 0 Å². The van der Waals surface area contributed by atoms with Crippen molar-refractivity contribution in [2.24, 2.45) is 5.41 Å². The van der Waals surface area contributed by atoms with E-state index >= 15 is 0 Å². The molecule has 1 aliphatic heterocycles. The van der Waals surface area contributed by atoms with Crippen molar-refractivity contribution in [3.05, 3.63) is 122 Å². The molecule has 1 heterocycles. The molecular weight excluding hydrogens is 505 g/mol. The summed E-state index contributed by atoms with van der Waals surface area (Å²) in [6, 6.07) is 22.2. The van der Waals surface area contributed by atoms with Gasteiger partial charge >= 0.3 is 0 Å². The van der Waals surface area contributed by atoms with Crippen LogP contribution in [-0.4, -0.2) is 11.6 Å². The molecule has 1 atom stereocenters. The molecule has 4 nitrogen and oxygen atoms in total. The maximum atomic E-state index is 14.3. The Kier molecular flexibility index (Phi) is 6.74. The number of ketones is 2. The summed E-state index contributed by atoms with van der Waals surface area (Å²) in [4.78, 5) is 27.9. The summed E-state index contributed by atoms with van der Waals surface area (Å²) in [5.74, 6) is -0.0441. The van der Waals surface area contributed by atoms with E-state index in [1.807, 2.05) is 61.5 Å². The van der Waals surface area contributed by atoms with Crippen molar-refractivity contribution in [2.45, 2.75) is 39.5 Å². The summed E-state index contributed by atoms with van der Waals surface area (Å²) in [6.45, 7) is 6.12. The smallest absolute Gasteiger partial charge is 0.205 e. The molecule has 5 rings (SSSR count). The highest BCUT2D eigenvalue weighted by atomic mass is 35.5. The zero-order valence-electron chi connectivity index (χ0n) is 20.9. The molecule has 2 aliphatic rings. The molecule has 0 saturated heterocycles. The Bertz CT molecular complexity index is 1450. The van der Waals surface area contributed by atoms with Crippen LogP contribution in [0.4, 0.5) is 5.69 Å². The van der Waals surface area contributed by atoms with Crippen LogP contribution in [-0.2, 0) is 9.53 Å². The third kappa shape index (κ3) is 5.09. The minimum absolute atomic E-state index is 0.0110. The molecular formula is C31H27Cl2NO3. The Morgan fingerprint density at radius 3 is 2.35 bits per heavy atom. The fourth-order valence-corrected chi connectivity index (χ4v) is 5.53. The van der Waals surface area contributed by atoms with Crippen LogP contribution in [0.25, 0.3) is 0 Å². The van der Waals surface area contributed by atoms with Crippen molar-refractivity contribution in [1.82, 2.24) is 0 Å². The van der Waals surface area contributed by atoms with E-state index in [0.717, 1.165) is 16.8 Å². The summed E-state index contributed by atoms with van der Waals surface area (Å²) in [5.41, 5.74) is 3.60. The topological polar surface area (TPSA) is 55.4 Å². The van der Waals surface area contributed by atoms with Crippen LogP contribution in [0.3, 0.4) is 0 Å². The number of anilines is 1. The van der Waals surface area contributed by atoms with Crippen LogP contribution < -0.4 is 5.32 Å². The Morgan fingerprint density at radius 1 is 0.973 bits per heavy atom. The van der Waals surface area contributed by atoms with Gasteiger partial charge in [-0.2, -0.15) is 0 Å². The fourth-order valence-electron chi connectivity index (χ4n) is 5.03. The lowest BCUT2D eigenvalue weighted by molar-refractivity contribution is -0.119. The lowest BCUT2D eigenvalue weighted by atomic mass is 9.69. The molecule has 0 spiro atoms. The number of Topliss-reactive ketones (excluding diaryl/α,β-unsaturated/α-hetero) is 2. The molecule has 0 saturated carbocycles. The quantitative estimate of drug-likeness (QED) is 0.336. The average molecular weight is 532 g/mol. The second kappa shape index (κ2) is 9.85. The summed E-state index contributed by atoms with van der Waals surface area (Å²) >= 11 is 12.6. The summed E-state index contributed by atoms with van der Waals surface area (Å²) < 4.78 is 6.43. The van der Waals surface area contributed by atoms with E-state index in [1.165, 1.54) is 0 Å². The fraction of sp³-hybridized carbons (Fsp3) is 0.226. The van der Waals surface area contributed by atoms with Gasteiger partial charge in [-0.3, -0.25) is 9.59 Å². The van der Waals surface area contributed by atoms with Gasteiger partial charge in [0.1, 0.15) is 5.76 Å². The number of hydrogen-bond acceptors (Lipinski definition) is 4. The molecule has 0 bridgehead atoms. The molecule has 3 aromatic carbocycles. The SMILES string of the molecule is Cc1ccc(C2C3=C(CC(C)(C)CC3=O)OC(Nc3ccccc3)=C2C(=O)c2ccc(Cl)cc2Cl)cc1. The maximum absolute atomic E-state index is 14.3. The van der Waals surface area contributed by atoms with Crippen LogP contribution in [0, 0.1) is 12.3 Å². The van der Waals surface area contributed by atoms with Gasteiger partial charge in [-0.25, -0.2) is 0 Å². The van der Waals surface area contributed by atoms with Gasteiger partial charge in [0.25, 0.3) is 0 Å². The van der Waals surface area contributed by atoms with Gasteiger partial charge in [-0.05, 0) is 48.2 Å². The lowest BCUT2D eigenvalue weighted by Gasteiger charge is -2.39. The first-order chi connectivity index (χ1) is 17.6. The highest BCUT2D eigenvalue weighted by molar-refractivity contribution is 6.37. The van der Waals surface area contributed by atoms with Gasteiger partial charge in [0.2, 0.25) is 5.88 Å². The normalized spacial score (nSPS) is 18.8. The molecule has 0 radical (unpaired) electrons. The first-order valence-corrected chi connectivity index (χ1v) is 13.0. The van der Waals surface area contributed by atoms with Gasteiger partial charge in [0.15, 0.2) is 11.6 Å². The number of rotatable bonds is 5. The number of ether oxygens (including phenoxy) is 1. The molecule has 1 unspecified atom stereocenters. The van der Waals surface area contributed by atoms with Crippen molar-refractivity contribution < 1.29 is 14.3 Å². The Morgan fingerprint density at radius 2 is 1.68 bits per heavy atom. The molecule has 0 aromatic heterocycles. The van der Waals surface area contributed by atoms with Crippen molar-refractivity contribution in [2.75, 3.05) is 5.32 Å². The van der Waals surface area contributed by atoms with E-state index in [1.54, 1.807) is 18.2 Å². The lowest BCUT2D eigenvalue weighted by Crippen LogP contribution is -2.35. The monoisotopic (exact) mass is 531 g/mol. The van der Waals surface area contributed by atoms with Gasteiger partial charge in [-0.1, -0.05) is 85.1 Å². The number of allylic oxidation sites excluding steroid dienone is 3. The number of para-hydroxylation sites is 1. The van der Waals surface area contributed by atoms with Gasteiger partial charge in [0, 0.05) is 34.7 Å². The maximum Gasteiger partial charge on any atom is 0.205 e. The number of aryl methyl sites for hydroxylation is 1. The molecule has 0 amide bonds. The number of carbonyl (C=O) groups is 2. The standard InChI is InChI=1S/C31H27Cl2NO3/c1-18-9-11-19(12-10-18)26-27-24(35)16-31(2,3)17-25(27)37-30(34-21-7-5-4-6-8-21)28(26)29(36)22-14-13-20(32)15-23(22)33/h4-15,26,34H,16-17H2,1-3H3. The molecule has 188 valence electrons. The Labute approximate surface area is 226 Å². The van der Waals surface area contributed by atoms with E-state index in [4.69, 9.17) is 27.9 Å². The summed E-state index contributed by atoms with van der Waals surface area (Å²) in [7, 11) is 0. The van der Waals surface area contributed by atoms with Gasteiger partial charge in [-0.15, -0.1) is 0 Å². The minimum atomic E-state index is -0.613. The third-order valence-corrected chi connectivity index (χ3v) is 7.34. The highest BCUT2D eigenvalue weighted by Gasteiger charge is 2.45. The van der Waals surface area contributed by atoms with E-state index in [2.05, 4.69) is 19.2 Å². The van der Waals surface area contributed by atoms with E-state index in [9.17, 15) is 9.59 Å². The highest BCUT2D eigenvalue weighted by Crippen LogP contribution is 2.49. The van der Waals surface area contributed by atoms with Crippen LogP contribution in [0.5, 0.6) is 0 Å². The number of halogens is 2. The first kappa shape index (κ1) is 25.3. The van der Waals surface area contributed by atoms with Crippen molar-refractivity contribution >= 4 is 40.5 Å².